The number of rotatable bonds is 4. The highest BCUT2D eigenvalue weighted by molar-refractivity contribution is 7.12. The summed E-state index contributed by atoms with van der Waals surface area (Å²) in [4.78, 5) is 14.7. The van der Waals surface area contributed by atoms with Crippen LogP contribution in [0.5, 0.6) is 11.5 Å². The Bertz CT molecular complexity index is 685. The van der Waals surface area contributed by atoms with Crippen molar-refractivity contribution in [2.75, 3.05) is 19.5 Å². The summed E-state index contributed by atoms with van der Waals surface area (Å²) < 4.78 is 48.3. The average molecular weight is 332 g/mol. The van der Waals surface area contributed by atoms with Crippen molar-refractivity contribution < 1.29 is 27.4 Å². The van der Waals surface area contributed by atoms with Crippen LogP contribution in [0.15, 0.2) is 23.7 Å². The fraction of sp³-hybridized carbons (Fsp3) is 0.231. The van der Waals surface area contributed by atoms with Gasteiger partial charge in [0.15, 0.2) is 5.69 Å². The number of benzene rings is 1. The van der Waals surface area contributed by atoms with Gasteiger partial charge in [-0.25, -0.2) is 4.98 Å². The Morgan fingerprint density at radius 2 is 2.00 bits per heavy atom. The third-order valence-corrected chi connectivity index (χ3v) is 3.52. The third kappa shape index (κ3) is 3.30. The number of alkyl halides is 3. The standard InChI is InChI=1S/C13H11F3N2O3S/c1-20-7-3-4-8(9(5-7)21-2)18-12(19)10-11(13(14,15)16)17-6-22-10/h3-6H,1-2H3,(H,18,19). The average Bonchev–Trinajstić information content (AvgIpc) is 2.97. The van der Waals surface area contributed by atoms with Crippen LogP contribution in [0, 0.1) is 0 Å². The Kier molecular flexibility index (Phi) is 4.55. The molecule has 0 saturated heterocycles. The van der Waals surface area contributed by atoms with Crippen LogP contribution < -0.4 is 14.8 Å². The van der Waals surface area contributed by atoms with E-state index in [1.807, 2.05) is 0 Å². The molecule has 118 valence electrons. The molecule has 0 bridgehead atoms. The SMILES string of the molecule is COc1ccc(NC(=O)c2scnc2C(F)(F)F)c(OC)c1. The number of hydrogen-bond acceptors (Lipinski definition) is 5. The van der Waals surface area contributed by atoms with Crippen LogP contribution >= 0.6 is 11.3 Å². The molecule has 0 atom stereocenters. The topological polar surface area (TPSA) is 60.5 Å². The van der Waals surface area contributed by atoms with E-state index in [0.717, 1.165) is 5.51 Å². The molecule has 0 aliphatic heterocycles. The summed E-state index contributed by atoms with van der Waals surface area (Å²) in [6.07, 6.45) is -4.68. The fourth-order valence-corrected chi connectivity index (χ4v) is 2.39. The Hall–Kier alpha value is -2.29. The van der Waals surface area contributed by atoms with Crippen molar-refractivity contribution in [3.63, 3.8) is 0 Å². The van der Waals surface area contributed by atoms with Gasteiger partial charge in [-0.2, -0.15) is 13.2 Å². The normalized spacial score (nSPS) is 11.1. The highest BCUT2D eigenvalue weighted by atomic mass is 32.1. The van der Waals surface area contributed by atoms with E-state index in [1.54, 1.807) is 6.07 Å². The lowest BCUT2D eigenvalue weighted by Gasteiger charge is -2.12. The maximum absolute atomic E-state index is 12.7. The first-order valence-corrected chi connectivity index (χ1v) is 6.79. The van der Waals surface area contributed by atoms with Crippen molar-refractivity contribution in [3.8, 4) is 11.5 Å². The predicted molar refractivity (Wildman–Crippen MR) is 74.6 cm³/mol. The largest absolute Gasteiger partial charge is 0.497 e. The van der Waals surface area contributed by atoms with Gasteiger partial charge in [0.25, 0.3) is 5.91 Å². The Labute approximate surface area is 127 Å². The molecule has 22 heavy (non-hydrogen) atoms. The molecule has 2 aromatic rings. The molecule has 1 aromatic heterocycles. The number of hydrogen-bond donors (Lipinski definition) is 1. The van der Waals surface area contributed by atoms with Crippen molar-refractivity contribution in [2.45, 2.75) is 6.18 Å². The van der Waals surface area contributed by atoms with Gasteiger partial charge in [-0.1, -0.05) is 0 Å². The number of carbonyl (C=O) groups excluding carboxylic acids is 1. The van der Waals surface area contributed by atoms with E-state index >= 15 is 0 Å². The van der Waals surface area contributed by atoms with Crippen LogP contribution in [0.1, 0.15) is 15.4 Å². The minimum atomic E-state index is -4.68. The third-order valence-electron chi connectivity index (χ3n) is 2.70. The van der Waals surface area contributed by atoms with E-state index in [2.05, 4.69) is 10.3 Å². The quantitative estimate of drug-likeness (QED) is 0.932. The van der Waals surface area contributed by atoms with E-state index in [1.165, 1.54) is 26.4 Å². The maximum atomic E-state index is 12.7. The van der Waals surface area contributed by atoms with E-state index in [-0.39, 0.29) is 11.4 Å². The zero-order valence-electron chi connectivity index (χ0n) is 11.5. The molecule has 5 nitrogen and oxygen atoms in total. The first-order valence-electron chi connectivity index (χ1n) is 5.91. The summed E-state index contributed by atoms with van der Waals surface area (Å²) in [7, 11) is 2.83. The molecule has 2 rings (SSSR count). The molecule has 0 unspecified atom stereocenters. The second-order valence-corrected chi connectivity index (χ2v) is 4.90. The van der Waals surface area contributed by atoms with Crippen LogP contribution in [0.2, 0.25) is 0 Å². The smallest absolute Gasteiger partial charge is 0.434 e. The second kappa shape index (κ2) is 6.22. The number of amides is 1. The molecular weight excluding hydrogens is 321 g/mol. The summed E-state index contributed by atoms with van der Waals surface area (Å²) in [5.74, 6) is -0.146. The number of ether oxygens (including phenoxy) is 2. The molecular formula is C13H11F3N2O3S. The minimum Gasteiger partial charge on any atom is -0.497 e. The number of halogens is 3. The van der Waals surface area contributed by atoms with E-state index in [0.29, 0.717) is 17.1 Å². The molecule has 0 spiro atoms. The van der Waals surface area contributed by atoms with Gasteiger partial charge >= 0.3 is 6.18 Å². The number of methoxy groups -OCH3 is 2. The number of carbonyl (C=O) groups is 1. The zero-order valence-corrected chi connectivity index (χ0v) is 12.3. The summed E-state index contributed by atoms with van der Waals surface area (Å²) in [5.41, 5.74) is 0.000469. The molecule has 0 radical (unpaired) electrons. The van der Waals surface area contributed by atoms with E-state index in [9.17, 15) is 18.0 Å². The second-order valence-electron chi connectivity index (χ2n) is 4.05. The summed E-state index contributed by atoms with van der Waals surface area (Å²) in [6.45, 7) is 0. The lowest BCUT2D eigenvalue weighted by molar-refractivity contribution is -0.141. The number of nitrogens with one attached hydrogen (secondary N) is 1. The van der Waals surface area contributed by atoms with Crippen LogP contribution in [-0.4, -0.2) is 25.1 Å². The van der Waals surface area contributed by atoms with Gasteiger partial charge in [-0.05, 0) is 12.1 Å². The molecule has 0 saturated carbocycles. The van der Waals surface area contributed by atoms with Gasteiger partial charge in [-0.15, -0.1) is 11.3 Å². The van der Waals surface area contributed by atoms with E-state index in [4.69, 9.17) is 9.47 Å². The van der Waals surface area contributed by atoms with Crippen LogP contribution in [0.3, 0.4) is 0 Å². The fourth-order valence-electron chi connectivity index (χ4n) is 1.69. The highest BCUT2D eigenvalue weighted by Crippen LogP contribution is 2.34. The first-order chi connectivity index (χ1) is 10.4. The summed E-state index contributed by atoms with van der Waals surface area (Å²) in [5, 5.41) is 2.38. The molecule has 0 aliphatic carbocycles. The first kappa shape index (κ1) is 16.1. The van der Waals surface area contributed by atoms with Crippen molar-refractivity contribution in [1.82, 2.24) is 4.98 Å². The molecule has 1 amide bonds. The Balaban J connectivity index is 2.28. The maximum Gasteiger partial charge on any atom is 0.434 e. The number of anilines is 1. The van der Waals surface area contributed by atoms with Crippen LogP contribution in [0.25, 0.3) is 0 Å². The number of thiazole rings is 1. The van der Waals surface area contributed by atoms with E-state index < -0.39 is 22.7 Å². The number of nitrogens with zero attached hydrogens (tertiary/aromatic N) is 1. The molecule has 1 N–H and O–H groups in total. The highest BCUT2D eigenvalue weighted by Gasteiger charge is 2.38. The molecule has 1 aromatic carbocycles. The predicted octanol–water partition coefficient (Wildman–Crippen LogP) is 3.43. The Morgan fingerprint density at radius 1 is 1.27 bits per heavy atom. The lowest BCUT2D eigenvalue weighted by Crippen LogP contribution is -2.17. The van der Waals surface area contributed by atoms with Gasteiger partial charge in [0.1, 0.15) is 16.4 Å². The monoisotopic (exact) mass is 332 g/mol. The van der Waals surface area contributed by atoms with Crippen molar-refractivity contribution in [3.05, 3.63) is 34.3 Å². The summed E-state index contributed by atoms with van der Waals surface area (Å²) in [6, 6.07) is 4.53. The van der Waals surface area contributed by atoms with Crippen molar-refractivity contribution in [2.24, 2.45) is 0 Å². The van der Waals surface area contributed by atoms with Gasteiger partial charge in [0.2, 0.25) is 0 Å². The molecule has 0 fully saturated rings. The molecule has 9 heteroatoms. The van der Waals surface area contributed by atoms with Crippen LogP contribution in [-0.2, 0) is 6.18 Å². The lowest BCUT2D eigenvalue weighted by atomic mass is 10.2. The van der Waals surface area contributed by atoms with Gasteiger partial charge in [-0.3, -0.25) is 4.79 Å². The van der Waals surface area contributed by atoms with Gasteiger partial charge < -0.3 is 14.8 Å². The zero-order chi connectivity index (χ0) is 16.3. The van der Waals surface area contributed by atoms with Crippen molar-refractivity contribution in [1.29, 1.82) is 0 Å². The molecule has 1 heterocycles. The summed E-state index contributed by atoms with van der Waals surface area (Å²) >= 11 is 0.616. The van der Waals surface area contributed by atoms with Gasteiger partial charge in [0.05, 0.1) is 25.4 Å². The minimum absolute atomic E-state index is 0.231. The number of aromatic nitrogens is 1. The molecule has 0 aliphatic rings. The van der Waals surface area contributed by atoms with Crippen LogP contribution in [0.4, 0.5) is 18.9 Å². The van der Waals surface area contributed by atoms with Crippen molar-refractivity contribution >= 4 is 22.9 Å². The Morgan fingerprint density at radius 3 is 2.59 bits per heavy atom. The van der Waals surface area contributed by atoms with Gasteiger partial charge in [0, 0.05) is 6.07 Å².